The molecule has 0 spiro atoms. The summed E-state index contributed by atoms with van der Waals surface area (Å²) in [5, 5.41) is 13.6. The lowest BCUT2D eigenvalue weighted by atomic mass is 9.48. The number of halogens is 1. The van der Waals surface area contributed by atoms with Gasteiger partial charge >= 0.3 is 6.03 Å². The van der Waals surface area contributed by atoms with Crippen molar-refractivity contribution in [1.82, 2.24) is 5.32 Å². The summed E-state index contributed by atoms with van der Waals surface area (Å²) in [6.07, 6.45) is 9.00. The van der Waals surface area contributed by atoms with Crippen LogP contribution in [-0.4, -0.2) is 29.4 Å². The smallest absolute Gasteiger partial charge is 0.335 e. The van der Waals surface area contributed by atoms with Gasteiger partial charge in [-0.3, -0.25) is 25.0 Å². The molecule has 5 aliphatic rings. The average Bonchev–Trinajstić information content (AvgIpc) is 3.02. The van der Waals surface area contributed by atoms with Gasteiger partial charge in [0.2, 0.25) is 0 Å². The predicted octanol–water partition coefficient (Wildman–Crippen LogP) is 7.36. The summed E-state index contributed by atoms with van der Waals surface area (Å²) in [5.41, 5.74) is 2.47. The minimum absolute atomic E-state index is 0.0124. The second kappa shape index (κ2) is 12.2. The van der Waals surface area contributed by atoms with Crippen molar-refractivity contribution in [3.8, 4) is 11.5 Å². The predicted molar refractivity (Wildman–Crippen MR) is 175 cm³/mol. The molecule has 0 aromatic heterocycles. The lowest BCUT2D eigenvalue weighted by Crippen LogP contribution is -2.54. The van der Waals surface area contributed by atoms with Crippen molar-refractivity contribution in [2.75, 3.05) is 11.5 Å². The molecule has 4 bridgehead atoms. The van der Waals surface area contributed by atoms with Crippen LogP contribution in [0.3, 0.4) is 0 Å². The number of non-ortho nitro benzene ring substituents is 1. The van der Waals surface area contributed by atoms with Crippen molar-refractivity contribution < 1.29 is 28.8 Å². The minimum Gasteiger partial charge on any atom is -0.490 e. The number of anilines is 1. The molecule has 5 fully saturated rings. The highest BCUT2D eigenvalue weighted by atomic mass is 35.5. The molecule has 242 valence electrons. The molecule has 3 aromatic carbocycles. The van der Waals surface area contributed by atoms with Crippen LogP contribution in [0, 0.1) is 27.9 Å². The molecule has 1 heterocycles. The largest absolute Gasteiger partial charge is 0.490 e. The molecule has 4 saturated carbocycles. The molecule has 3 aromatic rings. The SMILES string of the molecule is CCOc1cc(/C=C2\C(=O)NC(=O)N(c3ccc(C45CC6CC(CC(C6)C4)C5)cc3)C2=O)cc(Cl)c1OCc1cccc([N+](=O)[O-])c1. The van der Waals surface area contributed by atoms with Crippen molar-refractivity contribution in [3.05, 3.63) is 98.1 Å². The number of carbonyl (C=O) groups excluding carboxylic acids is 3. The number of carbonyl (C=O) groups is 3. The summed E-state index contributed by atoms with van der Waals surface area (Å²) in [6, 6.07) is 16.0. The van der Waals surface area contributed by atoms with Gasteiger partial charge < -0.3 is 9.47 Å². The number of amides is 4. The monoisotopic (exact) mass is 655 g/mol. The van der Waals surface area contributed by atoms with Gasteiger partial charge in [0.1, 0.15) is 12.2 Å². The summed E-state index contributed by atoms with van der Waals surface area (Å²) < 4.78 is 11.7. The molecule has 1 aliphatic heterocycles. The van der Waals surface area contributed by atoms with Crippen molar-refractivity contribution in [2.24, 2.45) is 17.8 Å². The quantitative estimate of drug-likeness (QED) is 0.110. The number of hydrogen-bond acceptors (Lipinski definition) is 7. The molecule has 10 nitrogen and oxygen atoms in total. The fourth-order valence-electron chi connectivity index (χ4n) is 8.48. The van der Waals surface area contributed by atoms with E-state index < -0.39 is 22.8 Å². The Hall–Kier alpha value is -4.70. The summed E-state index contributed by atoms with van der Waals surface area (Å²) in [5.74, 6) is 1.27. The Bertz CT molecular complexity index is 1780. The fourth-order valence-corrected chi connectivity index (χ4v) is 8.75. The Morgan fingerprint density at radius 1 is 0.979 bits per heavy atom. The maximum atomic E-state index is 13.7. The first-order valence-electron chi connectivity index (χ1n) is 16.0. The van der Waals surface area contributed by atoms with Crippen LogP contribution in [0.5, 0.6) is 11.5 Å². The van der Waals surface area contributed by atoms with Crippen LogP contribution in [0.1, 0.15) is 62.1 Å². The molecule has 1 N–H and O–H groups in total. The van der Waals surface area contributed by atoms with E-state index >= 15 is 0 Å². The van der Waals surface area contributed by atoms with E-state index in [0.717, 1.165) is 22.7 Å². The van der Waals surface area contributed by atoms with Gasteiger partial charge in [-0.25, -0.2) is 9.69 Å². The second-order valence-electron chi connectivity index (χ2n) is 13.2. The van der Waals surface area contributed by atoms with Crippen LogP contribution in [-0.2, 0) is 21.6 Å². The Labute approximate surface area is 276 Å². The van der Waals surface area contributed by atoms with E-state index in [9.17, 15) is 24.5 Å². The summed E-state index contributed by atoms with van der Waals surface area (Å²) in [4.78, 5) is 51.2. The first-order valence-corrected chi connectivity index (χ1v) is 16.3. The van der Waals surface area contributed by atoms with E-state index in [2.05, 4.69) is 5.32 Å². The summed E-state index contributed by atoms with van der Waals surface area (Å²) in [7, 11) is 0. The average molecular weight is 656 g/mol. The van der Waals surface area contributed by atoms with Crippen LogP contribution in [0.25, 0.3) is 6.08 Å². The number of imide groups is 2. The number of urea groups is 1. The molecular formula is C36H34ClN3O7. The van der Waals surface area contributed by atoms with Gasteiger partial charge in [0, 0.05) is 12.1 Å². The van der Waals surface area contributed by atoms with E-state index in [1.165, 1.54) is 68.4 Å². The van der Waals surface area contributed by atoms with E-state index in [0.29, 0.717) is 16.8 Å². The Kier molecular flexibility index (Phi) is 8.00. The summed E-state index contributed by atoms with van der Waals surface area (Å²) in [6.45, 7) is 2.03. The van der Waals surface area contributed by atoms with Gasteiger partial charge in [-0.2, -0.15) is 0 Å². The highest BCUT2D eigenvalue weighted by Gasteiger charge is 2.51. The maximum Gasteiger partial charge on any atom is 0.335 e. The summed E-state index contributed by atoms with van der Waals surface area (Å²) >= 11 is 6.59. The number of barbiturate groups is 1. The zero-order valence-electron chi connectivity index (χ0n) is 25.9. The second-order valence-corrected chi connectivity index (χ2v) is 13.6. The lowest BCUT2D eigenvalue weighted by molar-refractivity contribution is -0.384. The molecule has 0 atom stereocenters. The fraction of sp³-hybridized carbons (Fsp3) is 0.361. The van der Waals surface area contributed by atoms with Gasteiger partial charge in [0.05, 0.1) is 22.2 Å². The maximum absolute atomic E-state index is 13.7. The number of nitro groups is 1. The van der Waals surface area contributed by atoms with Crippen molar-refractivity contribution in [2.45, 2.75) is 57.5 Å². The molecule has 0 unspecified atom stereocenters. The van der Waals surface area contributed by atoms with Gasteiger partial charge in [-0.15, -0.1) is 0 Å². The molecule has 11 heteroatoms. The lowest BCUT2D eigenvalue weighted by Gasteiger charge is -2.57. The van der Waals surface area contributed by atoms with Crippen LogP contribution in [0.4, 0.5) is 16.2 Å². The Balaban J connectivity index is 1.13. The number of nitro benzene ring substituents is 1. The highest BCUT2D eigenvalue weighted by Crippen LogP contribution is 2.60. The highest BCUT2D eigenvalue weighted by molar-refractivity contribution is 6.39. The number of benzene rings is 3. The number of ether oxygens (including phenoxy) is 2. The number of nitrogens with one attached hydrogen (secondary N) is 1. The number of rotatable bonds is 9. The third kappa shape index (κ3) is 5.86. The van der Waals surface area contributed by atoms with E-state index in [1.807, 2.05) is 12.1 Å². The molecule has 8 rings (SSSR count). The molecule has 47 heavy (non-hydrogen) atoms. The van der Waals surface area contributed by atoms with Crippen LogP contribution < -0.4 is 19.7 Å². The minimum atomic E-state index is -0.818. The van der Waals surface area contributed by atoms with Gasteiger partial charge in [0.15, 0.2) is 11.5 Å². The van der Waals surface area contributed by atoms with E-state index in [1.54, 1.807) is 37.3 Å². The standard InChI is InChI=1S/C36H34ClN3O7/c1-2-46-31-16-22(15-30(37)32(31)47-20-21-4-3-5-28(13-21)40(44)45)14-29-33(41)38-35(43)39(34(29)42)27-8-6-26(7-9-27)36-17-23-10-24(18-36)12-25(11-23)19-36/h3-9,13-16,23-25H,2,10-12,17-20H2,1H3,(H,38,41,43)/b29-14+. The zero-order chi connectivity index (χ0) is 32.9. The normalized spacial score (nSPS) is 25.7. The van der Waals surface area contributed by atoms with Crippen LogP contribution in [0.15, 0.2) is 66.2 Å². The van der Waals surface area contributed by atoms with Crippen molar-refractivity contribution >= 4 is 46.9 Å². The molecule has 1 saturated heterocycles. The molecule has 4 aliphatic carbocycles. The molecule has 4 amide bonds. The van der Waals surface area contributed by atoms with Gasteiger partial charge in [-0.05, 0) is 116 Å². The zero-order valence-corrected chi connectivity index (χ0v) is 26.6. The number of nitrogens with zero attached hydrogens (tertiary/aromatic N) is 2. The number of hydrogen-bond donors (Lipinski definition) is 1. The third-order valence-electron chi connectivity index (χ3n) is 10.0. The van der Waals surface area contributed by atoms with Crippen molar-refractivity contribution in [3.63, 3.8) is 0 Å². The Morgan fingerprint density at radius 2 is 1.66 bits per heavy atom. The first-order chi connectivity index (χ1) is 22.6. The Morgan fingerprint density at radius 3 is 2.30 bits per heavy atom. The van der Waals surface area contributed by atoms with Crippen molar-refractivity contribution in [1.29, 1.82) is 0 Å². The van der Waals surface area contributed by atoms with Gasteiger partial charge in [0.25, 0.3) is 17.5 Å². The molecule has 0 radical (unpaired) electrons. The third-order valence-corrected chi connectivity index (χ3v) is 10.3. The van der Waals surface area contributed by atoms with E-state index in [4.69, 9.17) is 21.1 Å². The van der Waals surface area contributed by atoms with Gasteiger partial charge in [-0.1, -0.05) is 35.9 Å². The van der Waals surface area contributed by atoms with Crippen LogP contribution in [0.2, 0.25) is 5.02 Å². The molecular weight excluding hydrogens is 622 g/mol. The van der Waals surface area contributed by atoms with E-state index in [-0.39, 0.29) is 46.4 Å². The first kappa shape index (κ1) is 30.9. The topological polar surface area (TPSA) is 128 Å². The van der Waals surface area contributed by atoms with Crippen LogP contribution >= 0.6 is 11.6 Å².